The highest BCUT2D eigenvalue weighted by Gasteiger charge is 2.22. The second-order valence-electron chi connectivity index (χ2n) is 4.72. The van der Waals surface area contributed by atoms with Gasteiger partial charge in [-0.25, -0.2) is 8.78 Å². The summed E-state index contributed by atoms with van der Waals surface area (Å²) in [4.78, 5) is 11.9. The topological polar surface area (TPSA) is 41.1 Å². The molecule has 0 saturated carbocycles. The van der Waals surface area contributed by atoms with Gasteiger partial charge in [0.2, 0.25) is 5.91 Å². The van der Waals surface area contributed by atoms with Gasteiger partial charge >= 0.3 is 0 Å². The largest absolute Gasteiger partial charge is 0.344 e. The third kappa shape index (κ3) is 3.81. The third-order valence-corrected chi connectivity index (χ3v) is 3.47. The van der Waals surface area contributed by atoms with Gasteiger partial charge in [-0.3, -0.25) is 4.79 Å². The number of hydrogen-bond donors (Lipinski definition) is 2. The van der Waals surface area contributed by atoms with Crippen LogP contribution >= 0.6 is 11.6 Å². The van der Waals surface area contributed by atoms with E-state index in [1.54, 1.807) is 31.3 Å². The molecule has 0 aliphatic carbocycles. The zero-order chi connectivity index (χ0) is 16.1. The molecule has 0 unspecified atom stereocenters. The molecule has 0 spiro atoms. The van der Waals surface area contributed by atoms with E-state index in [1.807, 2.05) is 0 Å². The van der Waals surface area contributed by atoms with Crippen molar-refractivity contribution in [2.24, 2.45) is 0 Å². The fourth-order valence-corrected chi connectivity index (χ4v) is 2.39. The van der Waals surface area contributed by atoms with Crippen molar-refractivity contribution in [1.82, 2.24) is 10.6 Å². The molecule has 22 heavy (non-hydrogen) atoms. The summed E-state index contributed by atoms with van der Waals surface area (Å²) < 4.78 is 27.6. The lowest BCUT2D eigenvalue weighted by Crippen LogP contribution is -2.36. The first kappa shape index (κ1) is 16.4. The summed E-state index contributed by atoms with van der Waals surface area (Å²) in [6.45, 7) is 0.0535. The minimum absolute atomic E-state index is 0.0255. The van der Waals surface area contributed by atoms with Crippen molar-refractivity contribution < 1.29 is 13.6 Å². The van der Waals surface area contributed by atoms with E-state index in [-0.39, 0.29) is 18.0 Å². The lowest BCUT2D eigenvalue weighted by atomic mass is 9.97. The number of hydrogen-bond acceptors (Lipinski definition) is 2. The molecule has 1 atom stereocenters. The van der Waals surface area contributed by atoms with Gasteiger partial charge < -0.3 is 10.6 Å². The molecule has 0 saturated heterocycles. The smallest absolute Gasteiger partial charge is 0.234 e. The molecule has 1 amide bonds. The van der Waals surface area contributed by atoms with E-state index in [2.05, 4.69) is 10.6 Å². The molecule has 0 aliphatic rings. The van der Waals surface area contributed by atoms with Crippen molar-refractivity contribution in [3.8, 4) is 0 Å². The van der Waals surface area contributed by atoms with Crippen molar-refractivity contribution in [2.45, 2.75) is 6.04 Å². The van der Waals surface area contributed by atoms with Gasteiger partial charge in [-0.2, -0.15) is 0 Å². The Morgan fingerprint density at radius 3 is 2.59 bits per heavy atom. The van der Waals surface area contributed by atoms with E-state index >= 15 is 0 Å². The molecule has 0 aromatic heterocycles. The molecule has 6 heteroatoms. The zero-order valence-electron chi connectivity index (χ0n) is 11.9. The molecule has 0 aliphatic heterocycles. The van der Waals surface area contributed by atoms with Crippen LogP contribution in [-0.2, 0) is 4.79 Å². The van der Waals surface area contributed by atoms with Gasteiger partial charge in [-0.05, 0) is 36.9 Å². The molecule has 3 nitrogen and oxygen atoms in total. The average molecular weight is 325 g/mol. The second kappa shape index (κ2) is 7.33. The van der Waals surface area contributed by atoms with Crippen LogP contribution in [0.25, 0.3) is 0 Å². The minimum atomic E-state index is -0.870. The van der Waals surface area contributed by atoms with Crippen LogP contribution < -0.4 is 10.6 Å². The van der Waals surface area contributed by atoms with E-state index in [0.717, 1.165) is 18.2 Å². The van der Waals surface area contributed by atoms with Gasteiger partial charge in [0.15, 0.2) is 0 Å². The van der Waals surface area contributed by atoms with Gasteiger partial charge in [-0.1, -0.05) is 29.8 Å². The van der Waals surface area contributed by atoms with E-state index in [4.69, 9.17) is 11.6 Å². The van der Waals surface area contributed by atoms with E-state index in [0.29, 0.717) is 10.6 Å². The predicted molar refractivity (Wildman–Crippen MR) is 81.7 cm³/mol. The Bertz CT molecular complexity index is 679. The fourth-order valence-electron chi connectivity index (χ4n) is 2.14. The van der Waals surface area contributed by atoms with Crippen LogP contribution in [0.1, 0.15) is 17.2 Å². The molecule has 0 bridgehead atoms. The quantitative estimate of drug-likeness (QED) is 0.887. The number of halogens is 3. The standard InChI is InChI=1S/C16H15ClF2N2O/c1-20-9-15(22)21-16(11-4-2-3-5-13(11)17)12-8-10(18)6-7-14(12)19/h2-8,16,20H,9H2,1H3,(H,21,22)/t16-/m0/s1. The van der Waals surface area contributed by atoms with Crippen molar-refractivity contribution >= 4 is 17.5 Å². The first-order valence-corrected chi connectivity index (χ1v) is 7.04. The molecule has 2 aromatic carbocycles. The third-order valence-electron chi connectivity index (χ3n) is 3.13. The highest BCUT2D eigenvalue weighted by atomic mass is 35.5. The summed E-state index contributed by atoms with van der Waals surface area (Å²) in [5.74, 6) is -1.55. The molecule has 0 radical (unpaired) electrons. The summed E-state index contributed by atoms with van der Waals surface area (Å²) in [6, 6.07) is 8.97. The van der Waals surface area contributed by atoms with Crippen molar-refractivity contribution in [3.63, 3.8) is 0 Å². The fraction of sp³-hybridized carbons (Fsp3) is 0.188. The average Bonchev–Trinajstić information content (AvgIpc) is 2.49. The Balaban J connectivity index is 2.48. The summed E-state index contributed by atoms with van der Waals surface area (Å²) in [5, 5.41) is 5.73. The lowest BCUT2D eigenvalue weighted by Gasteiger charge is -2.21. The van der Waals surface area contributed by atoms with Crippen molar-refractivity contribution in [2.75, 3.05) is 13.6 Å². The number of rotatable bonds is 5. The maximum atomic E-state index is 14.1. The number of nitrogens with one attached hydrogen (secondary N) is 2. The molecule has 2 aromatic rings. The van der Waals surface area contributed by atoms with Gasteiger partial charge in [0.25, 0.3) is 0 Å². The van der Waals surface area contributed by atoms with Gasteiger partial charge in [0.05, 0.1) is 12.6 Å². The number of carbonyl (C=O) groups excluding carboxylic acids is 1. The number of benzene rings is 2. The monoisotopic (exact) mass is 324 g/mol. The van der Waals surface area contributed by atoms with E-state index < -0.39 is 17.7 Å². The maximum Gasteiger partial charge on any atom is 0.234 e. The van der Waals surface area contributed by atoms with Crippen LogP contribution in [0.15, 0.2) is 42.5 Å². The Hall–Kier alpha value is -1.98. The molecule has 2 rings (SSSR count). The molecule has 0 heterocycles. The van der Waals surface area contributed by atoms with Crippen molar-refractivity contribution in [3.05, 3.63) is 70.2 Å². The summed E-state index contributed by atoms with van der Waals surface area (Å²) >= 11 is 6.14. The number of amides is 1. The predicted octanol–water partition coefficient (Wildman–Crippen LogP) is 3.04. The molecular formula is C16H15ClF2N2O. The number of likely N-dealkylation sites (N-methyl/N-ethyl adjacent to an activating group) is 1. The second-order valence-corrected chi connectivity index (χ2v) is 5.13. The Kier molecular flexibility index (Phi) is 5.46. The number of carbonyl (C=O) groups is 1. The maximum absolute atomic E-state index is 14.1. The van der Waals surface area contributed by atoms with E-state index in [9.17, 15) is 13.6 Å². The van der Waals surface area contributed by atoms with Crippen LogP contribution in [0.3, 0.4) is 0 Å². The van der Waals surface area contributed by atoms with Crippen LogP contribution in [0, 0.1) is 11.6 Å². The van der Waals surface area contributed by atoms with Crippen LogP contribution in [0.5, 0.6) is 0 Å². The minimum Gasteiger partial charge on any atom is -0.344 e. The SMILES string of the molecule is CNCC(=O)N[C@H](c1cc(F)ccc1F)c1ccccc1Cl. The summed E-state index contributed by atoms with van der Waals surface area (Å²) in [6.07, 6.45) is 0. The summed E-state index contributed by atoms with van der Waals surface area (Å²) in [7, 11) is 1.62. The molecule has 116 valence electrons. The Labute approximate surface area is 132 Å². The Morgan fingerprint density at radius 1 is 1.18 bits per heavy atom. The molecule has 0 fully saturated rings. The van der Waals surface area contributed by atoms with Gasteiger partial charge in [0, 0.05) is 10.6 Å². The van der Waals surface area contributed by atoms with Gasteiger partial charge in [0.1, 0.15) is 11.6 Å². The highest BCUT2D eigenvalue weighted by Crippen LogP contribution is 2.30. The lowest BCUT2D eigenvalue weighted by molar-refractivity contribution is -0.120. The normalized spacial score (nSPS) is 12.0. The van der Waals surface area contributed by atoms with Crippen LogP contribution in [0.4, 0.5) is 8.78 Å². The van der Waals surface area contributed by atoms with Crippen LogP contribution in [0.2, 0.25) is 5.02 Å². The Morgan fingerprint density at radius 2 is 1.91 bits per heavy atom. The summed E-state index contributed by atoms with van der Waals surface area (Å²) in [5.41, 5.74) is 0.524. The van der Waals surface area contributed by atoms with Crippen molar-refractivity contribution in [1.29, 1.82) is 0 Å². The van der Waals surface area contributed by atoms with E-state index in [1.165, 1.54) is 0 Å². The first-order chi connectivity index (χ1) is 10.5. The zero-order valence-corrected chi connectivity index (χ0v) is 12.6. The molecule has 2 N–H and O–H groups in total. The highest BCUT2D eigenvalue weighted by molar-refractivity contribution is 6.31. The first-order valence-electron chi connectivity index (χ1n) is 6.66. The van der Waals surface area contributed by atoms with Crippen LogP contribution in [-0.4, -0.2) is 19.5 Å². The van der Waals surface area contributed by atoms with Gasteiger partial charge in [-0.15, -0.1) is 0 Å². The molecular weight excluding hydrogens is 310 g/mol.